The standard InChI is InChI=1S/C22H28N5O4S/c1-22(8-9-22)24-32(30,31)17-5-6-19-18(11-17)20(28)27(14-16-12-23-25(2)13-16)21(29)26(19)10-7-15-3-4-15/h5-6,11-13,15,17,24H,3-4,7-10,14H2,1-2H3/q+1. The Labute approximate surface area is 187 Å². The first-order valence-electron chi connectivity index (χ1n) is 11.1. The van der Waals surface area contributed by atoms with Gasteiger partial charge in [-0.2, -0.15) is 19.4 Å². The van der Waals surface area contributed by atoms with Crippen molar-refractivity contribution in [1.29, 1.82) is 0 Å². The Morgan fingerprint density at radius 3 is 2.66 bits per heavy atom. The van der Waals surface area contributed by atoms with Gasteiger partial charge in [0.2, 0.25) is 10.0 Å². The lowest BCUT2D eigenvalue weighted by Crippen LogP contribution is -2.52. The van der Waals surface area contributed by atoms with Crippen LogP contribution >= 0.6 is 0 Å². The number of hydrogen-bond acceptors (Lipinski definition) is 5. The summed E-state index contributed by atoms with van der Waals surface area (Å²) in [4.78, 5) is 27.9. The van der Waals surface area contributed by atoms with E-state index >= 15 is 0 Å². The van der Waals surface area contributed by atoms with E-state index in [1.165, 1.54) is 23.8 Å². The Balaban J connectivity index is 1.49. The molecule has 2 saturated carbocycles. The molecule has 9 nitrogen and oxygen atoms in total. The lowest BCUT2D eigenvalue weighted by Gasteiger charge is -2.26. The Kier molecular flexibility index (Phi) is 4.97. The summed E-state index contributed by atoms with van der Waals surface area (Å²) >= 11 is 0. The Bertz CT molecular complexity index is 1180. The minimum absolute atomic E-state index is 0.0908. The van der Waals surface area contributed by atoms with Gasteiger partial charge in [0.15, 0.2) is 0 Å². The highest BCUT2D eigenvalue weighted by atomic mass is 32.2. The number of rotatable bonds is 8. The second-order valence-electron chi connectivity index (χ2n) is 9.58. The Hall–Kier alpha value is -2.59. The van der Waals surface area contributed by atoms with Crippen molar-refractivity contribution in [3.63, 3.8) is 0 Å². The molecule has 1 N–H and O–H groups in total. The molecule has 3 aliphatic carbocycles. The molecular formula is C22H28N5O4S+. The largest absolute Gasteiger partial charge is 0.501 e. The molecule has 0 bridgehead atoms. The van der Waals surface area contributed by atoms with Crippen molar-refractivity contribution in [2.24, 2.45) is 13.0 Å². The number of nitrogens with zero attached hydrogens (tertiary/aromatic N) is 4. The normalized spacial score (nSPS) is 24.6. The maximum absolute atomic E-state index is 13.4. The second kappa shape index (κ2) is 7.48. The number of aromatic nitrogens is 2. The molecule has 5 rings (SSSR count). The topological polar surface area (TPSA) is 104 Å². The zero-order valence-electron chi connectivity index (χ0n) is 18.3. The van der Waals surface area contributed by atoms with Gasteiger partial charge in [-0.05, 0) is 44.3 Å². The van der Waals surface area contributed by atoms with Gasteiger partial charge in [0.1, 0.15) is 23.1 Å². The third-order valence-electron chi connectivity index (χ3n) is 6.58. The van der Waals surface area contributed by atoms with Crippen LogP contribution < -0.4 is 4.72 Å². The maximum atomic E-state index is 13.4. The van der Waals surface area contributed by atoms with Crippen molar-refractivity contribution in [3.8, 4) is 0 Å². The van der Waals surface area contributed by atoms with Gasteiger partial charge in [0.25, 0.3) is 0 Å². The number of nitrogens with one attached hydrogen (secondary N) is 1. The molecule has 2 heterocycles. The Morgan fingerprint density at radius 2 is 2.03 bits per heavy atom. The summed E-state index contributed by atoms with van der Waals surface area (Å²) < 4.78 is 31.9. The van der Waals surface area contributed by atoms with E-state index in [4.69, 9.17) is 0 Å². The minimum atomic E-state index is -3.69. The van der Waals surface area contributed by atoms with Crippen molar-refractivity contribution in [2.75, 3.05) is 6.54 Å². The molecule has 170 valence electrons. The van der Waals surface area contributed by atoms with Gasteiger partial charge in [-0.3, -0.25) is 4.68 Å². The molecule has 0 aromatic carbocycles. The number of carbonyl (C=O) groups is 2. The number of amides is 3. The smallest absolute Gasteiger partial charge is 0.275 e. The van der Waals surface area contributed by atoms with Gasteiger partial charge in [0.05, 0.1) is 12.7 Å². The first-order valence-corrected chi connectivity index (χ1v) is 12.6. The van der Waals surface area contributed by atoms with E-state index in [-0.39, 0.29) is 18.1 Å². The first-order chi connectivity index (χ1) is 15.2. The highest BCUT2D eigenvalue weighted by Gasteiger charge is 2.47. The van der Waals surface area contributed by atoms with E-state index in [1.807, 2.05) is 6.92 Å². The molecule has 1 aromatic rings. The zero-order chi connectivity index (χ0) is 22.7. The van der Waals surface area contributed by atoms with Crippen molar-refractivity contribution in [2.45, 2.75) is 56.4 Å². The van der Waals surface area contributed by atoms with Crippen LogP contribution in [-0.2, 0) is 28.4 Å². The molecule has 1 atom stereocenters. The highest BCUT2D eigenvalue weighted by Crippen LogP contribution is 2.36. The van der Waals surface area contributed by atoms with E-state index in [9.17, 15) is 18.0 Å². The molecule has 1 unspecified atom stereocenters. The predicted octanol–water partition coefficient (Wildman–Crippen LogP) is 1.47. The zero-order valence-corrected chi connectivity index (χ0v) is 19.1. The van der Waals surface area contributed by atoms with E-state index in [0.717, 1.165) is 24.8 Å². The van der Waals surface area contributed by atoms with E-state index in [1.54, 1.807) is 40.9 Å². The molecular weight excluding hydrogens is 430 g/mol. The summed E-state index contributed by atoms with van der Waals surface area (Å²) in [5.74, 6) is 0.142. The van der Waals surface area contributed by atoms with E-state index in [0.29, 0.717) is 18.2 Å². The average Bonchev–Trinajstić information content (AvgIpc) is 3.66. The van der Waals surface area contributed by atoms with Gasteiger partial charge in [-0.15, -0.1) is 0 Å². The highest BCUT2D eigenvalue weighted by molar-refractivity contribution is 7.90. The number of aryl methyl sites for hydroxylation is 1. The number of urea groups is 1. The van der Waals surface area contributed by atoms with Crippen LogP contribution in [0.1, 0.15) is 44.6 Å². The van der Waals surface area contributed by atoms with Crippen LogP contribution in [0.2, 0.25) is 0 Å². The maximum Gasteiger partial charge on any atom is 0.501 e. The molecule has 4 aliphatic rings. The van der Waals surface area contributed by atoms with Crippen LogP contribution in [0.4, 0.5) is 4.79 Å². The lowest BCUT2D eigenvalue weighted by molar-refractivity contribution is -0.437. The summed E-state index contributed by atoms with van der Waals surface area (Å²) in [7, 11) is -1.91. The van der Waals surface area contributed by atoms with Crippen molar-refractivity contribution in [3.05, 3.63) is 41.8 Å². The molecule has 1 aliphatic heterocycles. The number of imide groups is 1. The fourth-order valence-electron chi connectivity index (χ4n) is 4.18. The van der Waals surface area contributed by atoms with Gasteiger partial charge in [-0.25, -0.2) is 17.9 Å². The first kappa shape index (κ1) is 21.3. The lowest BCUT2D eigenvalue weighted by atomic mass is 9.99. The number of sulfonamides is 1. The summed E-state index contributed by atoms with van der Waals surface area (Å²) in [6.45, 7) is 2.47. The Morgan fingerprint density at radius 1 is 1.28 bits per heavy atom. The third-order valence-corrected chi connectivity index (χ3v) is 8.37. The quantitative estimate of drug-likeness (QED) is 0.594. The van der Waals surface area contributed by atoms with Gasteiger partial charge in [0, 0.05) is 24.3 Å². The molecule has 0 radical (unpaired) electrons. The number of fused-ring (bicyclic) bond motifs is 1. The van der Waals surface area contributed by atoms with Crippen LogP contribution in [0.5, 0.6) is 0 Å². The van der Waals surface area contributed by atoms with Crippen LogP contribution in [0.15, 0.2) is 36.2 Å². The fraction of sp³-hybridized carbons (Fsp3) is 0.545. The summed E-state index contributed by atoms with van der Waals surface area (Å²) in [6.07, 6.45) is 12.9. The molecule has 0 spiro atoms. The van der Waals surface area contributed by atoms with Gasteiger partial charge >= 0.3 is 11.9 Å². The summed E-state index contributed by atoms with van der Waals surface area (Å²) in [5, 5.41) is 3.16. The van der Waals surface area contributed by atoms with Crippen LogP contribution in [0.25, 0.3) is 0 Å². The van der Waals surface area contributed by atoms with Crippen molar-refractivity contribution >= 4 is 27.7 Å². The van der Waals surface area contributed by atoms with Crippen LogP contribution in [0.3, 0.4) is 0 Å². The molecule has 0 saturated heterocycles. The monoisotopic (exact) mass is 458 g/mol. The van der Waals surface area contributed by atoms with Gasteiger partial charge in [-0.1, -0.05) is 18.9 Å². The van der Waals surface area contributed by atoms with Gasteiger partial charge < -0.3 is 0 Å². The molecule has 1 aromatic heterocycles. The van der Waals surface area contributed by atoms with Crippen molar-refractivity contribution in [1.82, 2.24) is 19.4 Å². The second-order valence-corrected chi connectivity index (χ2v) is 11.4. The summed E-state index contributed by atoms with van der Waals surface area (Å²) in [5.41, 5.74) is 1.10. The predicted molar refractivity (Wildman–Crippen MR) is 117 cm³/mol. The molecule has 32 heavy (non-hydrogen) atoms. The molecule has 2 fully saturated rings. The fourth-order valence-corrected chi connectivity index (χ4v) is 5.81. The number of hydrogen-bond donors (Lipinski definition) is 1. The number of allylic oxidation sites excluding steroid dienone is 1. The summed E-state index contributed by atoms with van der Waals surface area (Å²) in [6, 6.07) is -0.374. The van der Waals surface area contributed by atoms with Crippen LogP contribution in [-0.4, -0.2) is 62.7 Å². The molecule has 10 heteroatoms. The molecule has 3 amide bonds. The third kappa shape index (κ3) is 4.09. The number of carbonyl (C=O) groups excluding carboxylic acids is 2. The van der Waals surface area contributed by atoms with E-state index in [2.05, 4.69) is 9.82 Å². The van der Waals surface area contributed by atoms with Crippen LogP contribution in [0, 0.1) is 5.92 Å². The van der Waals surface area contributed by atoms with E-state index < -0.39 is 26.7 Å². The SMILES string of the molecule is Cn1cc(CN2C(=O)C3=CC(S(=O)(=O)NC4(C)CC4)C=CC3=[N+](CCC3CC3)C2=O)cn1. The van der Waals surface area contributed by atoms with Crippen molar-refractivity contribution < 1.29 is 22.6 Å². The minimum Gasteiger partial charge on any atom is -0.275 e. The average molecular weight is 459 g/mol.